The number of hydrogen-bond donors (Lipinski definition) is 2. The monoisotopic (exact) mass is 261 g/mol. The summed E-state index contributed by atoms with van der Waals surface area (Å²) < 4.78 is 0. The van der Waals surface area contributed by atoms with Gasteiger partial charge in [0.15, 0.2) is 0 Å². The molecule has 1 saturated heterocycles. The van der Waals surface area contributed by atoms with Crippen LogP contribution in [0.25, 0.3) is 0 Å². The maximum atomic E-state index is 12.2. The SMILES string of the molecule is CCCCNC(=O)c1ccccc1N1CCNCC1. The Labute approximate surface area is 115 Å². The van der Waals surface area contributed by atoms with Gasteiger partial charge in [0.1, 0.15) is 0 Å². The zero-order valence-corrected chi connectivity index (χ0v) is 11.6. The number of piperazine rings is 1. The molecule has 1 fully saturated rings. The number of amides is 1. The van der Waals surface area contributed by atoms with Crippen molar-refractivity contribution in [3.05, 3.63) is 29.8 Å². The van der Waals surface area contributed by atoms with Crippen molar-refractivity contribution in [3.8, 4) is 0 Å². The first-order valence-corrected chi connectivity index (χ1v) is 7.16. The van der Waals surface area contributed by atoms with Crippen LogP contribution in [0.2, 0.25) is 0 Å². The predicted molar refractivity (Wildman–Crippen MR) is 78.8 cm³/mol. The minimum absolute atomic E-state index is 0.0441. The van der Waals surface area contributed by atoms with Crippen LogP contribution in [-0.2, 0) is 0 Å². The second kappa shape index (κ2) is 7.14. The number of hydrogen-bond acceptors (Lipinski definition) is 3. The molecule has 1 aromatic rings. The highest BCUT2D eigenvalue weighted by Crippen LogP contribution is 2.20. The molecule has 1 amide bonds. The summed E-state index contributed by atoms with van der Waals surface area (Å²) in [5.74, 6) is 0.0441. The third-order valence-electron chi connectivity index (χ3n) is 3.42. The molecule has 19 heavy (non-hydrogen) atoms. The molecule has 1 heterocycles. The number of carbonyl (C=O) groups is 1. The molecule has 0 radical (unpaired) electrons. The van der Waals surface area contributed by atoms with Crippen LogP contribution < -0.4 is 15.5 Å². The van der Waals surface area contributed by atoms with Crippen molar-refractivity contribution < 1.29 is 4.79 Å². The predicted octanol–water partition coefficient (Wildman–Crippen LogP) is 1.63. The number of rotatable bonds is 5. The zero-order chi connectivity index (χ0) is 13.5. The molecule has 0 aromatic heterocycles. The first-order valence-electron chi connectivity index (χ1n) is 7.16. The highest BCUT2D eigenvalue weighted by Gasteiger charge is 2.17. The topological polar surface area (TPSA) is 44.4 Å². The largest absolute Gasteiger partial charge is 0.368 e. The van der Waals surface area contributed by atoms with Gasteiger partial charge in [0, 0.05) is 38.4 Å². The maximum Gasteiger partial charge on any atom is 0.253 e. The van der Waals surface area contributed by atoms with Crippen LogP contribution in [-0.4, -0.2) is 38.6 Å². The summed E-state index contributed by atoms with van der Waals surface area (Å²) in [4.78, 5) is 14.5. The highest BCUT2D eigenvalue weighted by atomic mass is 16.1. The number of unbranched alkanes of at least 4 members (excludes halogenated alkanes) is 1. The molecule has 0 aliphatic carbocycles. The Hall–Kier alpha value is -1.55. The lowest BCUT2D eigenvalue weighted by Gasteiger charge is -2.30. The van der Waals surface area contributed by atoms with Crippen molar-refractivity contribution in [2.24, 2.45) is 0 Å². The Balaban J connectivity index is 2.08. The van der Waals surface area contributed by atoms with E-state index < -0.39 is 0 Å². The molecule has 4 heteroatoms. The summed E-state index contributed by atoms with van der Waals surface area (Å²) in [6, 6.07) is 7.89. The molecule has 0 unspecified atom stereocenters. The van der Waals surface area contributed by atoms with Gasteiger partial charge < -0.3 is 15.5 Å². The molecule has 0 atom stereocenters. The van der Waals surface area contributed by atoms with E-state index >= 15 is 0 Å². The molecule has 1 aromatic carbocycles. The lowest BCUT2D eigenvalue weighted by Crippen LogP contribution is -2.44. The van der Waals surface area contributed by atoms with E-state index in [-0.39, 0.29) is 5.91 Å². The van der Waals surface area contributed by atoms with Gasteiger partial charge in [0.05, 0.1) is 5.56 Å². The molecule has 4 nitrogen and oxygen atoms in total. The summed E-state index contributed by atoms with van der Waals surface area (Å²) in [6.45, 7) is 6.75. The van der Waals surface area contributed by atoms with Crippen molar-refractivity contribution in [1.82, 2.24) is 10.6 Å². The Morgan fingerprint density at radius 3 is 2.79 bits per heavy atom. The fourth-order valence-corrected chi connectivity index (χ4v) is 2.32. The van der Waals surface area contributed by atoms with Crippen molar-refractivity contribution in [2.75, 3.05) is 37.6 Å². The Morgan fingerprint density at radius 1 is 1.32 bits per heavy atom. The molecule has 2 rings (SSSR count). The van der Waals surface area contributed by atoms with Crippen LogP contribution in [0.4, 0.5) is 5.69 Å². The average molecular weight is 261 g/mol. The molecule has 1 aliphatic heterocycles. The van der Waals surface area contributed by atoms with Gasteiger partial charge in [-0.15, -0.1) is 0 Å². The summed E-state index contributed by atoms with van der Waals surface area (Å²) in [6.07, 6.45) is 2.13. The van der Waals surface area contributed by atoms with Gasteiger partial charge in [-0.25, -0.2) is 0 Å². The lowest BCUT2D eigenvalue weighted by atomic mass is 10.1. The summed E-state index contributed by atoms with van der Waals surface area (Å²) in [5, 5.41) is 6.33. The van der Waals surface area contributed by atoms with Gasteiger partial charge in [-0.1, -0.05) is 25.5 Å². The van der Waals surface area contributed by atoms with Gasteiger partial charge in [-0.2, -0.15) is 0 Å². The summed E-state index contributed by atoms with van der Waals surface area (Å²) >= 11 is 0. The van der Waals surface area contributed by atoms with E-state index in [4.69, 9.17) is 0 Å². The number of nitrogens with zero attached hydrogens (tertiary/aromatic N) is 1. The standard InChI is InChI=1S/C15H23N3O/c1-2-3-8-17-15(19)13-6-4-5-7-14(13)18-11-9-16-10-12-18/h4-7,16H,2-3,8-12H2,1H3,(H,17,19). The lowest BCUT2D eigenvalue weighted by molar-refractivity contribution is 0.0953. The molecule has 1 aliphatic rings. The van der Waals surface area contributed by atoms with Crippen LogP contribution in [0.15, 0.2) is 24.3 Å². The maximum absolute atomic E-state index is 12.2. The van der Waals surface area contributed by atoms with E-state index in [1.54, 1.807) is 0 Å². The van der Waals surface area contributed by atoms with E-state index in [1.807, 2.05) is 24.3 Å². The second-order valence-corrected chi connectivity index (χ2v) is 4.86. The van der Waals surface area contributed by atoms with E-state index in [0.29, 0.717) is 0 Å². The number of nitrogens with one attached hydrogen (secondary N) is 2. The van der Waals surface area contributed by atoms with Gasteiger partial charge in [0.2, 0.25) is 0 Å². The fraction of sp³-hybridized carbons (Fsp3) is 0.533. The third kappa shape index (κ3) is 3.70. The van der Waals surface area contributed by atoms with Crippen LogP contribution in [0, 0.1) is 0 Å². The third-order valence-corrected chi connectivity index (χ3v) is 3.42. The van der Waals surface area contributed by atoms with Crippen LogP contribution in [0.5, 0.6) is 0 Å². The van der Waals surface area contributed by atoms with Gasteiger partial charge in [0.25, 0.3) is 5.91 Å². The van der Waals surface area contributed by atoms with Crippen molar-refractivity contribution in [2.45, 2.75) is 19.8 Å². The molecule has 2 N–H and O–H groups in total. The Kier molecular flexibility index (Phi) is 5.21. The first-order chi connectivity index (χ1) is 9.33. The molecule has 0 saturated carbocycles. The van der Waals surface area contributed by atoms with Crippen LogP contribution in [0.3, 0.4) is 0 Å². The minimum Gasteiger partial charge on any atom is -0.368 e. The van der Waals surface area contributed by atoms with Gasteiger partial charge in [-0.05, 0) is 18.6 Å². The van der Waals surface area contributed by atoms with E-state index in [0.717, 1.165) is 56.8 Å². The van der Waals surface area contributed by atoms with Crippen LogP contribution in [0.1, 0.15) is 30.1 Å². The molecule has 0 spiro atoms. The minimum atomic E-state index is 0.0441. The normalized spacial score (nSPS) is 15.3. The number of anilines is 1. The van der Waals surface area contributed by atoms with Gasteiger partial charge in [-0.3, -0.25) is 4.79 Å². The highest BCUT2D eigenvalue weighted by molar-refractivity contribution is 5.99. The van der Waals surface area contributed by atoms with E-state index in [2.05, 4.69) is 22.5 Å². The quantitative estimate of drug-likeness (QED) is 0.792. The average Bonchev–Trinajstić information content (AvgIpc) is 2.48. The number of carbonyl (C=O) groups excluding carboxylic acids is 1. The van der Waals surface area contributed by atoms with E-state index in [1.165, 1.54) is 0 Å². The Bertz CT molecular complexity index is 414. The fourth-order valence-electron chi connectivity index (χ4n) is 2.32. The first kappa shape index (κ1) is 13.9. The van der Waals surface area contributed by atoms with Crippen LogP contribution >= 0.6 is 0 Å². The van der Waals surface area contributed by atoms with Gasteiger partial charge >= 0.3 is 0 Å². The summed E-state index contributed by atoms with van der Waals surface area (Å²) in [7, 11) is 0. The zero-order valence-electron chi connectivity index (χ0n) is 11.6. The van der Waals surface area contributed by atoms with Crippen molar-refractivity contribution in [1.29, 1.82) is 0 Å². The second-order valence-electron chi connectivity index (χ2n) is 4.86. The number of para-hydroxylation sites is 1. The number of benzene rings is 1. The van der Waals surface area contributed by atoms with Crippen molar-refractivity contribution in [3.63, 3.8) is 0 Å². The smallest absolute Gasteiger partial charge is 0.253 e. The summed E-state index contributed by atoms with van der Waals surface area (Å²) in [5.41, 5.74) is 1.85. The molecular formula is C15H23N3O. The van der Waals surface area contributed by atoms with Crippen molar-refractivity contribution >= 4 is 11.6 Å². The van der Waals surface area contributed by atoms with E-state index in [9.17, 15) is 4.79 Å². The molecule has 0 bridgehead atoms. The molecule has 104 valence electrons. The molecular weight excluding hydrogens is 238 g/mol. The Morgan fingerprint density at radius 2 is 2.05 bits per heavy atom.